The fourth-order valence-electron chi connectivity index (χ4n) is 2.13. The molecular weight excluding hydrogens is 303 g/mol. The molecule has 0 saturated heterocycles. The van der Waals surface area contributed by atoms with Crippen molar-refractivity contribution >= 4 is 17.7 Å². The molecule has 0 heterocycles. The van der Waals surface area contributed by atoms with E-state index in [0.717, 1.165) is 12.8 Å². The van der Waals surface area contributed by atoms with Crippen molar-refractivity contribution in [2.75, 3.05) is 6.61 Å². The number of aliphatic hydroxyl groups excluding tert-OH is 1. The summed E-state index contributed by atoms with van der Waals surface area (Å²) in [6.45, 7) is 1.61. The zero-order chi connectivity index (χ0) is 15.7. The Morgan fingerprint density at radius 1 is 1.33 bits per heavy atom. The third kappa shape index (κ3) is 4.38. The van der Waals surface area contributed by atoms with Crippen molar-refractivity contribution in [3.63, 3.8) is 0 Å². The Morgan fingerprint density at radius 3 is 2.33 bits per heavy atom. The van der Waals surface area contributed by atoms with Crippen LogP contribution in [0.3, 0.4) is 0 Å². The van der Waals surface area contributed by atoms with Gasteiger partial charge in [-0.25, -0.2) is 0 Å². The van der Waals surface area contributed by atoms with E-state index >= 15 is 0 Å². The lowest BCUT2D eigenvalue weighted by molar-refractivity contribution is -0.0328. The monoisotopic (exact) mass is 319 g/mol. The van der Waals surface area contributed by atoms with Crippen LogP contribution in [0, 0.1) is 5.92 Å². The fraction of sp³-hybridized carbons (Fsp3) is 0.500. The minimum absolute atomic E-state index is 0.0335. The molecular formula is C14H16F3NO2S. The van der Waals surface area contributed by atoms with Gasteiger partial charge in [0.05, 0.1) is 12.1 Å². The maximum atomic E-state index is 12.2. The van der Waals surface area contributed by atoms with Crippen LogP contribution in [0.15, 0.2) is 29.2 Å². The van der Waals surface area contributed by atoms with Crippen molar-refractivity contribution in [3.05, 3.63) is 29.8 Å². The number of alkyl halides is 3. The van der Waals surface area contributed by atoms with Gasteiger partial charge >= 0.3 is 5.51 Å². The summed E-state index contributed by atoms with van der Waals surface area (Å²) in [6, 6.07) is 5.24. The van der Waals surface area contributed by atoms with E-state index in [-0.39, 0.29) is 40.7 Å². The standard InChI is InChI=1S/C14H16F3NO2S/c1-13(8-19,10-4-5-10)18-12(20)9-2-6-11(7-3-9)21-14(15,16)17/h2-3,6-7,10,19H,4-5,8H2,1H3,(H,18,20). The summed E-state index contributed by atoms with van der Waals surface area (Å²) in [4.78, 5) is 12.1. The number of benzene rings is 1. The van der Waals surface area contributed by atoms with Crippen LogP contribution < -0.4 is 5.32 Å². The Hall–Kier alpha value is -1.21. The van der Waals surface area contributed by atoms with Crippen molar-refractivity contribution in [3.8, 4) is 0 Å². The topological polar surface area (TPSA) is 49.3 Å². The molecule has 2 N–H and O–H groups in total. The minimum atomic E-state index is -4.34. The number of aliphatic hydroxyl groups is 1. The van der Waals surface area contributed by atoms with E-state index in [1.54, 1.807) is 6.92 Å². The Balaban J connectivity index is 2.03. The fourth-order valence-corrected chi connectivity index (χ4v) is 2.67. The molecule has 7 heteroatoms. The molecule has 0 aromatic heterocycles. The molecule has 1 atom stereocenters. The van der Waals surface area contributed by atoms with Crippen molar-refractivity contribution in [1.82, 2.24) is 5.32 Å². The van der Waals surface area contributed by atoms with Crippen molar-refractivity contribution in [1.29, 1.82) is 0 Å². The number of carbonyl (C=O) groups excluding carboxylic acids is 1. The third-order valence-corrected chi connectivity index (χ3v) is 4.30. The second-order valence-electron chi connectivity index (χ2n) is 5.38. The highest BCUT2D eigenvalue weighted by atomic mass is 32.2. The van der Waals surface area contributed by atoms with Crippen LogP contribution >= 0.6 is 11.8 Å². The lowest BCUT2D eigenvalue weighted by atomic mass is 9.96. The second-order valence-corrected chi connectivity index (χ2v) is 6.51. The summed E-state index contributed by atoms with van der Waals surface area (Å²) in [7, 11) is 0. The molecule has 21 heavy (non-hydrogen) atoms. The lowest BCUT2D eigenvalue weighted by Gasteiger charge is -2.28. The lowest BCUT2D eigenvalue weighted by Crippen LogP contribution is -2.50. The molecule has 0 aliphatic heterocycles. The van der Waals surface area contributed by atoms with Gasteiger partial charge in [-0.05, 0) is 61.7 Å². The minimum Gasteiger partial charge on any atom is -0.394 e. The second kappa shape index (κ2) is 5.88. The van der Waals surface area contributed by atoms with Gasteiger partial charge in [0, 0.05) is 10.5 Å². The largest absolute Gasteiger partial charge is 0.446 e. The van der Waals surface area contributed by atoms with Crippen LogP contribution in [0.2, 0.25) is 0 Å². The molecule has 1 aliphatic rings. The van der Waals surface area contributed by atoms with Gasteiger partial charge in [0.25, 0.3) is 5.91 Å². The van der Waals surface area contributed by atoms with Crippen LogP contribution in [-0.2, 0) is 0 Å². The van der Waals surface area contributed by atoms with E-state index < -0.39 is 11.0 Å². The molecule has 1 unspecified atom stereocenters. The van der Waals surface area contributed by atoms with Gasteiger partial charge in [-0.1, -0.05) is 0 Å². The predicted octanol–water partition coefficient (Wildman–Crippen LogP) is 3.19. The first-order valence-corrected chi connectivity index (χ1v) is 7.34. The van der Waals surface area contributed by atoms with Gasteiger partial charge in [0.15, 0.2) is 0 Å². The average Bonchev–Trinajstić information content (AvgIpc) is 3.22. The Labute approximate surface area is 124 Å². The highest BCUT2D eigenvalue weighted by molar-refractivity contribution is 8.00. The van der Waals surface area contributed by atoms with E-state index in [2.05, 4.69) is 5.32 Å². The molecule has 116 valence electrons. The SMILES string of the molecule is CC(CO)(NC(=O)c1ccc(SC(F)(F)F)cc1)C1CC1. The van der Waals surface area contributed by atoms with E-state index in [9.17, 15) is 23.1 Å². The van der Waals surface area contributed by atoms with E-state index in [1.807, 2.05) is 0 Å². The highest BCUT2D eigenvalue weighted by Crippen LogP contribution is 2.39. The Bertz CT molecular complexity index is 514. The van der Waals surface area contributed by atoms with Gasteiger partial charge in [-0.2, -0.15) is 13.2 Å². The first kappa shape index (κ1) is 16.2. The zero-order valence-electron chi connectivity index (χ0n) is 11.4. The number of hydrogen-bond acceptors (Lipinski definition) is 3. The van der Waals surface area contributed by atoms with Crippen LogP contribution in [0.5, 0.6) is 0 Å². The maximum Gasteiger partial charge on any atom is 0.446 e. The van der Waals surface area contributed by atoms with E-state index in [0.29, 0.717) is 0 Å². The van der Waals surface area contributed by atoms with Gasteiger partial charge in [-0.3, -0.25) is 4.79 Å². The van der Waals surface area contributed by atoms with Gasteiger partial charge in [0.2, 0.25) is 0 Å². The maximum absolute atomic E-state index is 12.2. The predicted molar refractivity (Wildman–Crippen MR) is 74.0 cm³/mol. The first-order valence-electron chi connectivity index (χ1n) is 6.53. The molecule has 2 rings (SSSR count). The summed E-state index contributed by atoms with van der Waals surface area (Å²) >= 11 is -0.218. The zero-order valence-corrected chi connectivity index (χ0v) is 12.2. The first-order chi connectivity index (χ1) is 9.73. The summed E-state index contributed by atoms with van der Waals surface area (Å²) in [5.41, 5.74) is -4.73. The Kier molecular flexibility index (Phi) is 4.53. The van der Waals surface area contributed by atoms with Crippen LogP contribution in [0.25, 0.3) is 0 Å². The number of nitrogens with one attached hydrogen (secondary N) is 1. The normalized spacial score (nSPS) is 18.1. The van der Waals surface area contributed by atoms with E-state index in [4.69, 9.17) is 0 Å². The summed E-state index contributed by atoms with van der Waals surface area (Å²) < 4.78 is 36.7. The number of thioether (sulfide) groups is 1. The number of amides is 1. The van der Waals surface area contributed by atoms with Crippen LogP contribution in [0.1, 0.15) is 30.1 Å². The summed E-state index contributed by atoms with van der Waals surface area (Å²) in [6.07, 6.45) is 1.91. The number of hydrogen-bond donors (Lipinski definition) is 2. The van der Waals surface area contributed by atoms with Crippen molar-refractivity contribution in [2.24, 2.45) is 5.92 Å². The van der Waals surface area contributed by atoms with Gasteiger partial charge in [0.1, 0.15) is 0 Å². The molecule has 1 aromatic carbocycles. The van der Waals surface area contributed by atoms with Gasteiger partial charge < -0.3 is 10.4 Å². The van der Waals surface area contributed by atoms with Crippen LogP contribution in [0.4, 0.5) is 13.2 Å². The smallest absolute Gasteiger partial charge is 0.394 e. The molecule has 3 nitrogen and oxygen atoms in total. The molecule has 0 radical (unpaired) electrons. The Morgan fingerprint density at radius 2 is 1.90 bits per heavy atom. The molecule has 1 amide bonds. The van der Waals surface area contributed by atoms with Gasteiger partial charge in [-0.15, -0.1) is 0 Å². The summed E-state index contributed by atoms with van der Waals surface area (Å²) in [5.74, 6) is -0.131. The molecule has 1 saturated carbocycles. The molecule has 0 bridgehead atoms. The average molecular weight is 319 g/mol. The molecule has 1 aliphatic carbocycles. The summed E-state index contributed by atoms with van der Waals surface area (Å²) in [5, 5.41) is 12.2. The highest BCUT2D eigenvalue weighted by Gasteiger charge is 2.42. The third-order valence-electron chi connectivity index (χ3n) is 3.56. The van der Waals surface area contributed by atoms with Crippen molar-refractivity contribution < 1.29 is 23.1 Å². The van der Waals surface area contributed by atoms with E-state index in [1.165, 1.54) is 24.3 Å². The quantitative estimate of drug-likeness (QED) is 0.820. The molecule has 1 fully saturated rings. The van der Waals surface area contributed by atoms with Crippen molar-refractivity contribution in [2.45, 2.75) is 35.7 Å². The molecule has 1 aromatic rings. The molecule has 0 spiro atoms. The number of carbonyl (C=O) groups is 1. The number of rotatable bonds is 5. The number of halogens is 3. The van der Waals surface area contributed by atoms with Crippen LogP contribution in [-0.4, -0.2) is 28.7 Å².